The normalized spacial score (nSPS) is 17.4. The molecule has 0 spiro atoms. The van der Waals surface area contributed by atoms with E-state index in [1.54, 1.807) is 31.4 Å². The van der Waals surface area contributed by atoms with Gasteiger partial charge in [0.1, 0.15) is 18.4 Å². The van der Waals surface area contributed by atoms with Crippen LogP contribution in [-0.4, -0.2) is 36.0 Å². The minimum Gasteiger partial charge on any atom is -0.497 e. The summed E-state index contributed by atoms with van der Waals surface area (Å²) in [5, 5.41) is 0. The molecule has 106 valence electrons. The summed E-state index contributed by atoms with van der Waals surface area (Å²) < 4.78 is 10.1. The molecule has 1 fully saturated rings. The van der Waals surface area contributed by atoms with E-state index < -0.39 is 23.9 Å². The van der Waals surface area contributed by atoms with Crippen molar-refractivity contribution in [2.45, 2.75) is 19.1 Å². The largest absolute Gasteiger partial charge is 0.497 e. The Balaban J connectivity index is 1.89. The van der Waals surface area contributed by atoms with Gasteiger partial charge in [0.15, 0.2) is 0 Å². The van der Waals surface area contributed by atoms with Gasteiger partial charge in [-0.2, -0.15) is 0 Å². The Hall–Kier alpha value is -2.57. The van der Waals surface area contributed by atoms with Crippen LogP contribution in [0, 0.1) is 0 Å². The number of ether oxygens (including phenoxy) is 2. The van der Waals surface area contributed by atoms with E-state index in [1.165, 1.54) is 0 Å². The number of likely N-dealkylation sites (tertiary alicyclic amines) is 1. The van der Waals surface area contributed by atoms with Gasteiger partial charge in [0, 0.05) is 0 Å². The summed E-state index contributed by atoms with van der Waals surface area (Å²) in [7, 11) is 1.56. The molecule has 7 nitrogen and oxygen atoms in total. The number of urea groups is 1. The van der Waals surface area contributed by atoms with E-state index in [4.69, 9.17) is 15.2 Å². The first-order valence-electron chi connectivity index (χ1n) is 5.94. The van der Waals surface area contributed by atoms with Crippen molar-refractivity contribution in [3.63, 3.8) is 0 Å². The van der Waals surface area contributed by atoms with Gasteiger partial charge < -0.3 is 15.2 Å². The molecule has 1 aliphatic heterocycles. The van der Waals surface area contributed by atoms with Crippen LogP contribution in [-0.2, 0) is 20.9 Å². The summed E-state index contributed by atoms with van der Waals surface area (Å²) in [4.78, 5) is 34.5. The Labute approximate surface area is 115 Å². The lowest BCUT2D eigenvalue weighted by atomic mass is 10.0. The molecule has 0 unspecified atom stereocenters. The number of nitrogens with zero attached hydrogens (tertiary/aromatic N) is 1. The van der Waals surface area contributed by atoms with Gasteiger partial charge in [-0.25, -0.2) is 14.5 Å². The molecule has 1 aromatic carbocycles. The van der Waals surface area contributed by atoms with Crippen molar-refractivity contribution in [2.24, 2.45) is 5.73 Å². The first-order valence-corrected chi connectivity index (χ1v) is 5.94. The average Bonchev–Trinajstić information content (AvgIpc) is 2.41. The van der Waals surface area contributed by atoms with Crippen LogP contribution in [0.3, 0.4) is 0 Å². The molecule has 2 N–H and O–H groups in total. The second-order valence-electron chi connectivity index (χ2n) is 4.28. The van der Waals surface area contributed by atoms with Crippen LogP contribution < -0.4 is 10.5 Å². The molecule has 3 amide bonds. The summed E-state index contributed by atoms with van der Waals surface area (Å²) in [6.07, 6.45) is -0.0512. The number of benzene rings is 1. The van der Waals surface area contributed by atoms with Crippen LogP contribution in [0.4, 0.5) is 4.79 Å². The van der Waals surface area contributed by atoms with E-state index in [2.05, 4.69) is 0 Å². The van der Waals surface area contributed by atoms with Crippen molar-refractivity contribution in [1.82, 2.24) is 4.90 Å². The lowest BCUT2D eigenvalue weighted by molar-refractivity contribution is -0.162. The molecule has 7 heteroatoms. The minimum atomic E-state index is -0.937. The van der Waals surface area contributed by atoms with Crippen LogP contribution in [0.15, 0.2) is 24.3 Å². The van der Waals surface area contributed by atoms with Crippen LogP contribution >= 0.6 is 0 Å². The minimum absolute atomic E-state index is 0.0512. The predicted octanol–water partition coefficient (Wildman–Crippen LogP) is 0.418. The number of amides is 3. The SMILES string of the molecule is COc1ccc(COC(=O)[C@@H]2CC(=O)N2C(N)=O)cc1. The molecule has 20 heavy (non-hydrogen) atoms. The summed E-state index contributed by atoms with van der Waals surface area (Å²) in [6, 6.07) is 5.15. The van der Waals surface area contributed by atoms with Crippen LogP contribution in [0.5, 0.6) is 5.75 Å². The van der Waals surface area contributed by atoms with Gasteiger partial charge >= 0.3 is 12.0 Å². The lowest BCUT2D eigenvalue weighted by Gasteiger charge is -2.34. The Morgan fingerprint density at radius 3 is 2.50 bits per heavy atom. The summed E-state index contributed by atoms with van der Waals surface area (Å²) in [6.45, 7) is 0.0557. The van der Waals surface area contributed by atoms with Crippen molar-refractivity contribution < 1.29 is 23.9 Å². The fraction of sp³-hybridized carbons (Fsp3) is 0.308. The first-order chi connectivity index (χ1) is 9.52. The third-order valence-electron chi connectivity index (χ3n) is 3.00. The average molecular weight is 278 g/mol. The van der Waals surface area contributed by atoms with Crippen molar-refractivity contribution in [2.75, 3.05) is 7.11 Å². The van der Waals surface area contributed by atoms with Crippen molar-refractivity contribution in [1.29, 1.82) is 0 Å². The molecule has 0 aromatic heterocycles. The van der Waals surface area contributed by atoms with E-state index in [1.807, 2.05) is 0 Å². The highest BCUT2D eigenvalue weighted by molar-refractivity contribution is 6.05. The summed E-state index contributed by atoms with van der Waals surface area (Å²) in [5.74, 6) is -0.410. The summed E-state index contributed by atoms with van der Waals surface area (Å²) >= 11 is 0. The van der Waals surface area contributed by atoms with Gasteiger partial charge in [-0.1, -0.05) is 12.1 Å². The standard InChI is InChI=1S/C13H14N2O5/c1-19-9-4-2-8(3-5-9)7-20-12(17)10-6-11(16)15(10)13(14)18/h2-5,10H,6-7H2,1H3,(H2,14,18)/t10-/m0/s1. The number of nitrogens with two attached hydrogens (primary N) is 1. The van der Waals surface area contributed by atoms with Crippen LogP contribution in [0.1, 0.15) is 12.0 Å². The number of primary amides is 1. The highest BCUT2D eigenvalue weighted by Gasteiger charge is 2.45. The third kappa shape index (κ3) is 2.71. The van der Waals surface area contributed by atoms with Gasteiger partial charge in [0.25, 0.3) is 0 Å². The maximum Gasteiger partial charge on any atom is 0.330 e. The fourth-order valence-corrected chi connectivity index (χ4v) is 1.85. The quantitative estimate of drug-likeness (QED) is 0.635. The molecule has 0 bridgehead atoms. The topological polar surface area (TPSA) is 98.9 Å². The Morgan fingerprint density at radius 2 is 2.00 bits per heavy atom. The number of hydrogen-bond donors (Lipinski definition) is 1. The second kappa shape index (κ2) is 5.60. The van der Waals surface area contributed by atoms with E-state index in [0.29, 0.717) is 10.6 Å². The van der Waals surface area contributed by atoms with E-state index in [0.717, 1.165) is 5.56 Å². The van der Waals surface area contributed by atoms with Gasteiger partial charge in [0.2, 0.25) is 5.91 Å². The zero-order valence-electron chi connectivity index (χ0n) is 10.9. The van der Waals surface area contributed by atoms with Gasteiger partial charge in [-0.3, -0.25) is 4.79 Å². The zero-order chi connectivity index (χ0) is 14.7. The molecule has 0 saturated carbocycles. The number of methoxy groups -OCH3 is 1. The van der Waals surface area contributed by atoms with E-state index >= 15 is 0 Å². The van der Waals surface area contributed by atoms with Gasteiger partial charge in [-0.05, 0) is 17.7 Å². The number of carbonyl (C=O) groups is 3. The number of carbonyl (C=O) groups excluding carboxylic acids is 3. The van der Waals surface area contributed by atoms with E-state index in [9.17, 15) is 14.4 Å². The predicted molar refractivity (Wildman–Crippen MR) is 67.6 cm³/mol. The smallest absolute Gasteiger partial charge is 0.330 e. The molecule has 0 radical (unpaired) electrons. The maximum absolute atomic E-state index is 11.7. The zero-order valence-corrected chi connectivity index (χ0v) is 10.9. The number of β-lactam (4-membered cyclic amide) rings is 1. The maximum atomic E-state index is 11.7. The second-order valence-corrected chi connectivity index (χ2v) is 4.28. The molecule has 1 aromatic rings. The number of imide groups is 1. The van der Waals surface area contributed by atoms with Gasteiger partial charge in [0.05, 0.1) is 13.5 Å². The van der Waals surface area contributed by atoms with Crippen LogP contribution in [0.2, 0.25) is 0 Å². The van der Waals surface area contributed by atoms with Crippen molar-refractivity contribution in [3.05, 3.63) is 29.8 Å². The Bertz CT molecular complexity index is 532. The van der Waals surface area contributed by atoms with Gasteiger partial charge in [-0.15, -0.1) is 0 Å². The molecule has 1 aliphatic rings. The monoisotopic (exact) mass is 278 g/mol. The molecule has 1 saturated heterocycles. The molecule has 2 rings (SSSR count). The molecular formula is C13H14N2O5. The number of rotatable bonds is 4. The van der Waals surface area contributed by atoms with Crippen LogP contribution in [0.25, 0.3) is 0 Å². The molecule has 0 aliphatic carbocycles. The fourth-order valence-electron chi connectivity index (χ4n) is 1.85. The highest BCUT2D eigenvalue weighted by atomic mass is 16.5. The van der Waals surface area contributed by atoms with Crippen molar-refractivity contribution in [3.8, 4) is 5.75 Å². The molecule has 1 heterocycles. The first kappa shape index (κ1) is 13.9. The Kier molecular flexibility index (Phi) is 3.88. The molecule has 1 atom stereocenters. The molecular weight excluding hydrogens is 264 g/mol. The highest BCUT2D eigenvalue weighted by Crippen LogP contribution is 2.20. The third-order valence-corrected chi connectivity index (χ3v) is 3.00. The Morgan fingerprint density at radius 1 is 1.35 bits per heavy atom. The summed E-state index contributed by atoms with van der Waals surface area (Å²) in [5.41, 5.74) is 5.77. The van der Waals surface area contributed by atoms with E-state index in [-0.39, 0.29) is 13.0 Å². The number of esters is 1. The lowest BCUT2D eigenvalue weighted by Crippen LogP contribution is -2.61. The van der Waals surface area contributed by atoms with Crippen molar-refractivity contribution >= 4 is 17.9 Å². The number of hydrogen-bond acceptors (Lipinski definition) is 5.